The van der Waals surface area contributed by atoms with E-state index < -0.39 is 0 Å². The Morgan fingerprint density at radius 3 is 2.65 bits per heavy atom. The fourth-order valence-corrected chi connectivity index (χ4v) is 3.14. The highest BCUT2D eigenvalue weighted by Gasteiger charge is 2.09. The fraction of sp³-hybridized carbons (Fsp3) is 0.214. The largest absolute Gasteiger partial charge is 0.294 e. The van der Waals surface area contributed by atoms with E-state index in [2.05, 4.69) is 35.0 Å². The molecular weight excluding hydrogens is 296 g/mol. The highest BCUT2D eigenvalue weighted by Crippen LogP contribution is 2.32. The molecule has 0 aliphatic heterocycles. The Labute approximate surface area is 114 Å². The summed E-state index contributed by atoms with van der Waals surface area (Å²) in [6.45, 7) is 3.75. The van der Waals surface area contributed by atoms with Gasteiger partial charge in [-0.2, -0.15) is 0 Å². The van der Waals surface area contributed by atoms with Crippen molar-refractivity contribution >= 4 is 33.0 Å². The number of thiophene rings is 1. The lowest BCUT2D eigenvalue weighted by molar-refractivity contribution is 0.102. The number of ketones is 1. The van der Waals surface area contributed by atoms with Crippen LogP contribution in [0.4, 0.5) is 0 Å². The third-order valence-corrected chi connectivity index (χ3v) is 4.38. The normalized spacial score (nSPS) is 10.5. The van der Waals surface area contributed by atoms with Crippen LogP contribution in [0.15, 0.2) is 34.8 Å². The van der Waals surface area contributed by atoms with Crippen LogP contribution in [0.3, 0.4) is 0 Å². The molecule has 0 saturated carbocycles. The summed E-state index contributed by atoms with van der Waals surface area (Å²) in [7, 11) is 0. The van der Waals surface area contributed by atoms with Gasteiger partial charge in [-0.15, -0.1) is 11.3 Å². The zero-order valence-electron chi connectivity index (χ0n) is 9.79. The molecule has 1 aromatic carbocycles. The van der Waals surface area contributed by atoms with Gasteiger partial charge in [0.1, 0.15) is 0 Å². The molecule has 3 heteroatoms. The van der Waals surface area contributed by atoms with Gasteiger partial charge in [0, 0.05) is 9.35 Å². The van der Waals surface area contributed by atoms with Crippen molar-refractivity contribution in [3.8, 4) is 10.4 Å². The summed E-state index contributed by atoms with van der Waals surface area (Å²) in [6.07, 6.45) is 0.988. The average Bonchev–Trinajstić information content (AvgIpc) is 2.78. The SMILES string of the molecule is CCc1cc(Br)ccc1-c1ccc(C(C)=O)s1. The molecular formula is C14H13BrOS. The Hall–Kier alpha value is -0.930. The molecule has 17 heavy (non-hydrogen) atoms. The summed E-state index contributed by atoms with van der Waals surface area (Å²) in [5.41, 5.74) is 2.53. The van der Waals surface area contributed by atoms with Gasteiger partial charge in [0.2, 0.25) is 0 Å². The number of Topliss-reactive ketones (excluding diaryl/α,β-unsaturated/α-hetero) is 1. The van der Waals surface area contributed by atoms with Crippen molar-refractivity contribution in [2.24, 2.45) is 0 Å². The first-order valence-corrected chi connectivity index (χ1v) is 7.12. The summed E-state index contributed by atoms with van der Waals surface area (Å²) in [6, 6.07) is 10.2. The van der Waals surface area contributed by atoms with Crippen LogP contribution in [-0.4, -0.2) is 5.78 Å². The number of hydrogen-bond acceptors (Lipinski definition) is 2. The third kappa shape index (κ3) is 2.67. The Morgan fingerprint density at radius 2 is 2.06 bits per heavy atom. The molecule has 2 rings (SSSR count). The Balaban J connectivity index is 2.48. The first kappa shape index (κ1) is 12.5. The molecule has 0 unspecified atom stereocenters. The molecule has 0 fully saturated rings. The van der Waals surface area contributed by atoms with Crippen LogP contribution >= 0.6 is 27.3 Å². The second-order valence-electron chi connectivity index (χ2n) is 3.88. The topological polar surface area (TPSA) is 17.1 Å². The molecule has 2 aromatic rings. The van der Waals surface area contributed by atoms with E-state index in [1.807, 2.05) is 18.2 Å². The number of carbonyl (C=O) groups excluding carboxylic acids is 1. The predicted molar refractivity (Wildman–Crippen MR) is 76.8 cm³/mol. The Bertz CT molecular complexity index is 557. The van der Waals surface area contributed by atoms with Crippen molar-refractivity contribution in [1.29, 1.82) is 0 Å². The summed E-state index contributed by atoms with van der Waals surface area (Å²) in [4.78, 5) is 13.3. The van der Waals surface area contributed by atoms with Gasteiger partial charge in [0.25, 0.3) is 0 Å². The quantitative estimate of drug-likeness (QED) is 0.734. The zero-order chi connectivity index (χ0) is 12.4. The molecule has 1 nitrogen and oxygen atoms in total. The molecule has 0 saturated heterocycles. The zero-order valence-corrected chi connectivity index (χ0v) is 12.2. The molecule has 0 spiro atoms. The Morgan fingerprint density at radius 1 is 1.29 bits per heavy atom. The van der Waals surface area contributed by atoms with Gasteiger partial charge in [-0.1, -0.05) is 28.9 Å². The van der Waals surface area contributed by atoms with Crippen LogP contribution in [0.25, 0.3) is 10.4 Å². The molecule has 0 N–H and O–H groups in total. The standard InChI is InChI=1S/C14H13BrOS/c1-3-10-8-11(15)4-5-12(10)14-7-6-13(17-14)9(2)16/h4-8H,3H2,1-2H3. The minimum atomic E-state index is 0.136. The molecule has 1 aromatic heterocycles. The van der Waals surface area contributed by atoms with Gasteiger partial charge >= 0.3 is 0 Å². The smallest absolute Gasteiger partial charge is 0.169 e. The predicted octanol–water partition coefficient (Wildman–Crippen LogP) is 4.94. The fourth-order valence-electron chi connectivity index (χ4n) is 1.77. The molecule has 0 aliphatic carbocycles. The highest BCUT2D eigenvalue weighted by atomic mass is 79.9. The second kappa shape index (κ2) is 5.15. The number of hydrogen-bond donors (Lipinski definition) is 0. The maximum absolute atomic E-state index is 11.3. The molecule has 0 bridgehead atoms. The molecule has 0 radical (unpaired) electrons. The van der Waals surface area contributed by atoms with E-state index in [9.17, 15) is 4.79 Å². The third-order valence-electron chi connectivity index (χ3n) is 2.67. The summed E-state index contributed by atoms with van der Waals surface area (Å²) in [5, 5.41) is 0. The second-order valence-corrected chi connectivity index (χ2v) is 5.87. The van der Waals surface area contributed by atoms with Gasteiger partial charge in [0.15, 0.2) is 5.78 Å². The number of rotatable bonds is 3. The van der Waals surface area contributed by atoms with Gasteiger partial charge in [-0.25, -0.2) is 0 Å². The van der Waals surface area contributed by atoms with Crippen LogP contribution in [0.2, 0.25) is 0 Å². The maximum Gasteiger partial charge on any atom is 0.169 e. The van der Waals surface area contributed by atoms with Crippen LogP contribution in [-0.2, 0) is 6.42 Å². The van der Waals surface area contributed by atoms with Gasteiger partial charge < -0.3 is 0 Å². The molecule has 0 aliphatic rings. The lowest BCUT2D eigenvalue weighted by Crippen LogP contribution is -1.86. The van der Waals surface area contributed by atoms with Crippen molar-refractivity contribution < 1.29 is 4.79 Å². The highest BCUT2D eigenvalue weighted by molar-refractivity contribution is 9.10. The lowest BCUT2D eigenvalue weighted by Gasteiger charge is -2.06. The van der Waals surface area contributed by atoms with Gasteiger partial charge in [-0.05, 0) is 48.7 Å². The van der Waals surface area contributed by atoms with E-state index in [0.717, 1.165) is 15.8 Å². The Kier molecular flexibility index (Phi) is 3.79. The first-order chi connectivity index (χ1) is 8.11. The summed E-state index contributed by atoms with van der Waals surface area (Å²) < 4.78 is 1.10. The van der Waals surface area contributed by atoms with Crippen molar-refractivity contribution in [3.05, 3.63) is 45.2 Å². The van der Waals surface area contributed by atoms with Crippen LogP contribution in [0.1, 0.15) is 29.1 Å². The monoisotopic (exact) mass is 308 g/mol. The summed E-state index contributed by atoms with van der Waals surface area (Å²) >= 11 is 5.05. The molecule has 88 valence electrons. The minimum Gasteiger partial charge on any atom is -0.294 e. The van der Waals surface area contributed by atoms with Crippen LogP contribution in [0, 0.1) is 0 Å². The molecule has 1 heterocycles. The van der Waals surface area contributed by atoms with E-state index in [-0.39, 0.29) is 5.78 Å². The number of carbonyl (C=O) groups is 1. The van der Waals surface area contributed by atoms with Gasteiger partial charge in [0.05, 0.1) is 4.88 Å². The number of benzene rings is 1. The van der Waals surface area contributed by atoms with Crippen molar-refractivity contribution in [1.82, 2.24) is 0 Å². The average molecular weight is 309 g/mol. The van der Waals surface area contributed by atoms with E-state index >= 15 is 0 Å². The van der Waals surface area contributed by atoms with E-state index in [0.29, 0.717) is 0 Å². The summed E-state index contributed by atoms with van der Waals surface area (Å²) in [5.74, 6) is 0.136. The molecule has 0 amide bonds. The van der Waals surface area contributed by atoms with Crippen LogP contribution < -0.4 is 0 Å². The minimum absolute atomic E-state index is 0.136. The van der Waals surface area contributed by atoms with Crippen molar-refractivity contribution in [2.75, 3.05) is 0 Å². The van der Waals surface area contributed by atoms with Crippen LogP contribution in [0.5, 0.6) is 0 Å². The van der Waals surface area contributed by atoms with E-state index in [1.165, 1.54) is 16.0 Å². The number of halogens is 1. The van der Waals surface area contributed by atoms with Crippen molar-refractivity contribution in [3.63, 3.8) is 0 Å². The lowest BCUT2D eigenvalue weighted by atomic mass is 10.0. The number of aryl methyl sites for hydroxylation is 1. The maximum atomic E-state index is 11.3. The van der Waals surface area contributed by atoms with E-state index in [4.69, 9.17) is 0 Å². The van der Waals surface area contributed by atoms with Crippen molar-refractivity contribution in [2.45, 2.75) is 20.3 Å². The molecule has 0 atom stereocenters. The first-order valence-electron chi connectivity index (χ1n) is 5.51. The van der Waals surface area contributed by atoms with Gasteiger partial charge in [-0.3, -0.25) is 4.79 Å². The van der Waals surface area contributed by atoms with E-state index in [1.54, 1.807) is 18.3 Å².